The summed E-state index contributed by atoms with van der Waals surface area (Å²) in [6.45, 7) is 1.67. The zero-order chi connectivity index (χ0) is 12.8. The summed E-state index contributed by atoms with van der Waals surface area (Å²) in [4.78, 5) is 16.2. The Morgan fingerprint density at radius 1 is 1.41 bits per heavy atom. The highest BCUT2D eigenvalue weighted by Gasteiger charge is 2.19. The van der Waals surface area contributed by atoms with E-state index in [2.05, 4.69) is 14.7 Å². The van der Waals surface area contributed by atoms with Crippen LogP contribution in [0.3, 0.4) is 0 Å². The SMILES string of the molecule is CO/N=C(/C(=O)OC)c1cccc(C)c1CO. The van der Waals surface area contributed by atoms with Crippen LogP contribution in [0.25, 0.3) is 0 Å². The van der Waals surface area contributed by atoms with Crippen molar-refractivity contribution >= 4 is 11.7 Å². The van der Waals surface area contributed by atoms with E-state index in [4.69, 9.17) is 0 Å². The summed E-state index contributed by atoms with van der Waals surface area (Å²) in [6, 6.07) is 5.31. The molecule has 0 saturated carbocycles. The lowest BCUT2D eigenvalue weighted by Gasteiger charge is -2.10. The van der Waals surface area contributed by atoms with Crippen LogP contribution >= 0.6 is 0 Å². The highest BCUT2D eigenvalue weighted by molar-refractivity contribution is 6.43. The second-order valence-electron chi connectivity index (χ2n) is 3.37. The lowest BCUT2D eigenvalue weighted by Crippen LogP contribution is -2.19. The van der Waals surface area contributed by atoms with Gasteiger partial charge in [0.15, 0.2) is 5.71 Å². The predicted octanol–water partition coefficient (Wildman–Crippen LogP) is 1.01. The lowest BCUT2D eigenvalue weighted by atomic mass is 9.99. The third kappa shape index (κ3) is 2.82. The average Bonchev–Trinajstić information content (AvgIpc) is 2.34. The molecule has 1 aromatic rings. The normalized spacial score (nSPS) is 11.2. The summed E-state index contributed by atoms with van der Waals surface area (Å²) >= 11 is 0. The summed E-state index contributed by atoms with van der Waals surface area (Å²) in [5.74, 6) is -0.604. The average molecular weight is 237 g/mol. The zero-order valence-electron chi connectivity index (χ0n) is 10.1. The number of carbonyl (C=O) groups excluding carboxylic acids is 1. The standard InChI is InChI=1S/C12H15NO4/c1-8-5-4-6-9(10(8)7-14)11(13-17-3)12(15)16-2/h4-6,14H,7H2,1-3H3/b13-11+. The van der Waals surface area contributed by atoms with Crippen LogP contribution in [0.2, 0.25) is 0 Å². The van der Waals surface area contributed by atoms with Crippen molar-refractivity contribution in [3.8, 4) is 0 Å². The molecule has 17 heavy (non-hydrogen) atoms. The van der Waals surface area contributed by atoms with E-state index in [0.29, 0.717) is 11.1 Å². The quantitative estimate of drug-likeness (QED) is 0.482. The highest BCUT2D eigenvalue weighted by atomic mass is 16.6. The molecule has 0 fully saturated rings. The Kier molecular flexibility index (Phi) is 4.66. The Morgan fingerprint density at radius 2 is 2.12 bits per heavy atom. The molecule has 0 radical (unpaired) electrons. The van der Waals surface area contributed by atoms with Gasteiger partial charge in [-0.15, -0.1) is 0 Å². The van der Waals surface area contributed by atoms with Crippen molar-refractivity contribution in [3.63, 3.8) is 0 Å². The first-order chi connectivity index (χ1) is 8.15. The number of aryl methyl sites for hydroxylation is 1. The Morgan fingerprint density at radius 3 is 2.65 bits per heavy atom. The van der Waals surface area contributed by atoms with Gasteiger partial charge in [0, 0.05) is 5.56 Å². The Balaban J connectivity index is 3.33. The number of oxime groups is 1. The predicted molar refractivity (Wildman–Crippen MR) is 62.7 cm³/mol. The number of nitrogens with zero attached hydrogens (tertiary/aromatic N) is 1. The third-order valence-corrected chi connectivity index (χ3v) is 2.38. The molecule has 1 aromatic carbocycles. The molecule has 0 heterocycles. The molecule has 0 saturated heterocycles. The molecule has 92 valence electrons. The molecule has 5 heteroatoms. The number of carbonyl (C=O) groups is 1. The molecule has 1 rings (SSSR count). The number of hydrogen-bond donors (Lipinski definition) is 1. The van der Waals surface area contributed by atoms with Crippen LogP contribution in [0, 0.1) is 6.92 Å². The van der Waals surface area contributed by atoms with Gasteiger partial charge in [-0.25, -0.2) is 4.79 Å². The fourth-order valence-corrected chi connectivity index (χ4v) is 1.52. The first-order valence-electron chi connectivity index (χ1n) is 5.04. The van der Waals surface area contributed by atoms with Gasteiger partial charge in [-0.3, -0.25) is 0 Å². The van der Waals surface area contributed by atoms with E-state index in [9.17, 15) is 9.90 Å². The number of rotatable bonds is 4. The summed E-state index contributed by atoms with van der Waals surface area (Å²) in [5.41, 5.74) is 2.07. The molecule has 0 unspecified atom stereocenters. The van der Waals surface area contributed by atoms with Crippen LogP contribution < -0.4 is 0 Å². The van der Waals surface area contributed by atoms with E-state index >= 15 is 0 Å². The molecule has 0 aliphatic heterocycles. The van der Waals surface area contributed by atoms with Gasteiger partial charge in [0.1, 0.15) is 7.11 Å². The van der Waals surface area contributed by atoms with Gasteiger partial charge in [0.05, 0.1) is 13.7 Å². The van der Waals surface area contributed by atoms with Gasteiger partial charge in [0.2, 0.25) is 0 Å². The van der Waals surface area contributed by atoms with E-state index in [-0.39, 0.29) is 12.3 Å². The van der Waals surface area contributed by atoms with Crippen LogP contribution in [0.1, 0.15) is 16.7 Å². The van der Waals surface area contributed by atoms with E-state index in [0.717, 1.165) is 5.56 Å². The van der Waals surface area contributed by atoms with E-state index < -0.39 is 5.97 Å². The number of aliphatic hydroxyl groups excluding tert-OH is 1. The Labute approximate surface area is 99.7 Å². The molecule has 0 amide bonds. The van der Waals surface area contributed by atoms with Crippen LogP contribution in [0.4, 0.5) is 0 Å². The molecule has 5 nitrogen and oxygen atoms in total. The summed E-state index contributed by atoms with van der Waals surface area (Å²) in [6.07, 6.45) is 0. The fraction of sp³-hybridized carbons (Fsp3) is 0.333. The van der Waals surface area contributed by atoms with Crippen molar-refractivity contribution in [3.05, 3.63) is 34.9 Å². The summed E-state index contributed by atoms with van der Waals surface area (Å²) in [5, 5.41) is 13.0. The molecule has 1 N–H and O–H groups in total. The van der Waals surface area contributed by atoms with Crippen LogP contribution in [-0.4, -0.2) is 31.0 Å². The van der Waals surface area contributed by atoms with Crippen LogP contribution in [0.5, 0.6) is 0 Å². The first kappa shape index (κ1) is 13.2. The molecule has 0 spiro atoms. The van der Waals surface area contributed by atoms with Crippen molar-refractivity contribution in [1.29, 1.82) is 0 Å². The van der Waals surface area contributed by atoms with Crippen molar-refractivity contribution in [2.24, 2.45) is 5.16 Å². The van der Waals surface area contributed by atoms with Gasteiger partial charge in [-0.2, -0.15) is 0 Å². The fourth-order valence-electron chi connectivity index (χ4n) is 1.52. The first-order valence-corrected chi connectivity index (χ1v) is 5.04. The molecular formula is C12H15NO4. The van der Waals surface area contributed by atoms with Crippen molar-refractivity contribution in [2.75, 3.05) is 14.2 Å². The maximum atomic E-state index is 11.6. The largest absolute Gasteiger partial charge is 0.464 e. The number of esters is 1. The van der Waals surface area contributed by atoms with Crippen molar-refractivity contribution < 1.29 is 19.5 Å². The van der Waals surface area contributed by atoms with E-state index in [1.165, 1.54) is 14.2 Å². The van der Waals surface area contributed by atoms with Crippen molar-refractivity contribution in [2.45, 2.75) is 13.5 Å². The van der Waals surface area contributed by atoms with Gasteiger partial charge in [-0.1, -0.05) is 23.4 Å². The van der Waals surface area contributed by atoms with Gasteiger partial charge >= 0.3 is 5.97 Å². The second kappa shape index (κ2) is 6.00. The smallest absolute Gasteiger partial charge is 0.360 e. The van der Waals surface area contributed by atoms with E-state index in [1.807, 2.05) is 13.0 Å². The minimum absolute atomic E-state index is 0.0442. The van der Waals surface area contributed by atoms with Gasteiger partial charge in [0.25, 0.3) is 0 Å². The van der Waals surface area contributed by atoms with Gasteiger partial charge in [-0.05, 0) is 18.1 Å². The van der Waals surface area contributed by atoms with Crippen LogP contribution in [-0.2, 0) is 21.0 Å². The summed E-state index contributed by atoms with van der Waals surface area (Å²) in [7, 11) is 2.61. The van der Waals surface area contributed by atoms with Crippen molar-refractivity contribution in [1.82, 2.24) is 0 Å². The summed E-state index contributed by atoms with van der Waals surface area (Å²) < 4.78 is 4.63. The topological polar surface area (TPSA) is 68.1 Å². The van der Waals surface area contributed by atoms with E-state index in [1.54, 1.807) is 12.1 Å². The molecule has 0 aliphatic rings. The monoisotopic (exact) mass is 237 g/mol. The Hall–Kier alpha value is -1.88. The maximum Gasteiger partial charge on any atom is 0.360 e. The minimum atomic E-state index is -0.604. The second-order valence-corrected chi connectivity index (χ2v) is 3.37. The molecule has 0 aliphatic carbocycles. The number of methoxy groups -OCH3 is 1. The lowest BCUT2D eigenvalue weighted by molar-refractivity contribution is -0.132. The highest BCUT2D eigenvalue weighted by Crippen LogP contribution is 2.16. The molecular weight excluding hydrogens is 222 g/mol. The molecule has 0 atom stereocenters. The number of benzene rings is 1. The van der Waals surface area contributed by atoms with Gasteiger partial charge < -0.3 is 14.7 Å². The number of ether oxygens (including phenoxy) is 1. The number of hydrogen-bond acceptors (Lipinski definition) is 5. The third-order valence-electron chi connectivity index (χ3n) is 2.38. The van der Waals surface area contributed by atoms with Crippen LogP contribution in [0.15, 0.2) is 23.4 Å². The molecule has 0 bridgehead atoms. The zero-order valence-corrected chi connectivity index (χ0v) is 10.1. The Bertz CT molecular complexity index is 440. The maximum absolute atomic E-state index is 11.6. The number of aliphatic hydroxyl groups is 1. The molecule has 0 aromatic heterocycles. The minimum Gasteiger partial charge on any atom is -0.464 e.